The second-order valence-electron chi connectivity index (χ2n) is 6.96. The quantitative estimate of drug-likeness (QED) is 0.786. The van der Waals surface area contributed by atoms with E-state index >= 15 is 0 Å². The minimum absolute atomic E-state index is 0.109. The van der Waals surface area contributed by atoms with Crippen molar-refractivity contribution < 1.29 is 22.7 Å². The molecule has 1 unspecified atom stereocenters. The molecule has 0 saturated carbocycles. The molecule has 1 saturated heterocycles. The van der Waals surface area contributed by atoms with Crippen molar-refractivity contribution in [2.24, 2.45) is 5.92 Å². The number of carbonyl (C=O) groups is 1. The first-order chi connectivity index (χ1) is 13.9. The monoisotopic (exact) mass is 407 g/mol. The highest BCUT2D eigenvalue weighted by Crippen LogP contribution is 2.36. The Morgan fingerprint density at radius 1 is 1.31 bits per heavy atom. The number of nitrogens with one attached hydrogen (secondary N) is 1. The summed E-state index contributed by atoms with van der Waals surface area (Å²) in [7, 11) is 0. The maximum absolute atomic E-state index is 13.3. The first-order valence-electron chi connectivity index (χ1n) is 9.65. The third-order valence-corrected chi connectivity index (χ3v) is 4.86. The number of piperidine rings is 1. The van der Waals surface area contributed by atoms with Crippen molar-refractivity contribution in [1.82, 2.24) is 10.3 Å². The van der Waals surface area contributed by atoms with Crippen molar-refractivity contribution in [3.8, 4) is 5.75 Å². The fraction of sp³-hybridized carbons (Fsp3) is 0.429. The smallest absolute Gasteiger partial charge is 0.419 e. The molecule has 2 heterocycles. The number of nitrogens with zero attached hydrogens (tertiary/aromatic N) is 2. The average molecular weight is 407 g/mol. The van der Waals surface area contributed by atoms with Crippen LogP contribution in [-0.2, 0) is 17.5 Å². The fourth-order valence-corrected chi connectivity index (χ4v) is 3.50. The van der Waals surface area contributed by atoms with Crippen LogP contribution in [0.15, 0.2) is 42.6 Å². The Hall–Kier alpha value is -2.77. The summed E-state index contributed by atoms with van der Waals surface area (Å²) in [6.07, 6.45) is -1.87. The molecule has 1 aliphatic heterocycles. The molecule has 2 aromatic rings. The summed E-state index contributed by atoms with van der Waals surface area (Å²) in [5, 5.41) is 2.89. The summed E-state index contributed by atoms with van der Waals surface area (Å²) >= 11 is 0. The number of alkyl halides is 3. The van der Waals surface area contributed by atoms with Crippen LogP contribution in [0.25, 0.3) is 0 Å². The van der Waals surface area contributed by atoms with E-state index in [1.165, 1.54) is 12.3 Å². The maximum atomic E-state index is 13.3. The van der Waals surface area contributed by atoms with E-state index in [0.717, 1.165) is 17.4 Å². The van der Waals surface area contributed by atoms with Gasteiger partial charge in [0.25, 0.3) is 0 Å². The van der Waals surface area contributed by atoms with E-state index in [1.807, 2.05) is 31.2 Å². The van der Waals surface area contributed by atoms with Crippen LogP contribution in [-0.4, -0.2) is 30.6 Å². The van der Waals surface area contributed by atoms with Crippen LogP contribution in [0.4, 0.5) is 19.0 Å². The van der Waals surface area contributed by atoms with E-state index in [9.17, 15) is 18.0 Å². The van der Waals surface area contributed by atoms with Crippen LogP contribution in [0.3, 0.4) is 0 Å². The van der Waals surface area contributed by atoms with Crippen LogP contribution in [0.5, 0.6) is 5.75 Å². The van der Waals surface area contributed by atoms with E-state index in [-0.39, 0.29) is 24.2 Å². The Kier molecular flexibility index (Phi) is 6.61. The molecule has 1 fully saturated rings. The molecule has 0 radical (unpaired) electrons. The Morgan fingerprint density at radius 3 is 2.90 bits per heavy atom. The predicted molar refractivity (Wildman–Crippen MR) is 104 cm³/mol. The normalized spacial score (nSPS) is 17.1. The standard InChI is InChI=1S/C21H24F3N3O2/c1-2-29-17-8-3-6-15(12-17)13-26-20(28)16-7-5-11-27(14-16)19-18(21(22,23)24)9-4-10-25-19/h3-4,6,8-10,12,16H,2,5,7,11,13-14H2,1H3,(H,26,28). The number of pyridine rings is 1. The van der Waals surface area contributed by atoms with Gasteiger partial charge >= 0.3 is 6.18 Å². The largest absolute Gasteiger partial charge is 0.494 e. The summed E-state index contributed by atoms with van der Waals surface area (Å²) in [6, 6.07) is 9.75. The molecular weight excluding hydrogens is 383 g/mol. The van der Waals surface area contributed by atoms with Gasteiger partial charge in [0.2, 0.25) is 5.91 Å². The Balaban J connectivity index is 1.64. The maximum Gasteiger partial charge on any atom is 0.419 e. The number of benzene rings is 1. The van der Waals surface area contributed by atoms with Crippen molar-refractivity contribution in [3.63, 3.8) is 0 Å². The molecule has 0 bridgehead atoms. The molecule has 1 atom stereocenters. The number of aromatic nitrogens is 1. The van der Waals surface area contributed by atoms with Gasteiger partial charge in [0, 0.05) is 25.8 Å². The Morgan fingerprint density at radius 2 is 2.14 bits per heavy atom. The first kappa shape index (κ1) is 21.0. The van der Waals surface area contributed by atoms with Gasteiger partial charge in [0.15, 0.2) is 0 Å². The third kappa shape index (κ3) is 5.40. The van der Waals surface area contributed by atoms with E-state index in [1.54, 1.807) is 4.90 Å². The zero-order valence-electron chi connectivity index (χ0n) is 16.2. The summed E-state index contributed by atoms with van der Waals surface area (Å²) in [6.45, 7) is 3.45. The zero-order valence-corrected chi connectivity index (χ0v) is 16.2. The lowest BCUT2D eigenvalue weighted by molar-refractivity contribution is -0.137. The van der Waals surface area contributed by atoms with Crippen LogP contribution >= 0.6 is 0 Å². The van der Waals surface area contributed by atoms with Gasteiger partial charge in [-0.15, -0.1) is 0 Å². The van der Waals surface area contributed by atoms with Crippen LogP contribution in [0.1, 0.15) is 30.9 Å². The third-order valence-electron chi connectivity index (χ3n) is 4.86. The lowest BCUT2D eigenvalue weighted by Gasteiger charge is -2.34. The van der Waals surface area contributed by atoms with Crippen molar-refractivity contribution in [3.05, 3.63) is 53.7 Å². The zero-order chi connectivity index (χ0) is 20.9. The minimum atomic E-state index is -4.48. The van der Waals surface area contributed by atoms with E-state index < -0.39 is 11.7 Å². The second-order valence-corrected chi connectivity index (χ2v) is 6.96. The van der Waals surface area contributed by atoms with Gasteiger partial charge in [-0.3, -0.25) is 4.79 Å². The van der Waals surface area contributed by atoms with Crippen LogP contribution < -0.4 is 15.0 Å². The Bertz CT molecular complexity index is 842. The van der Waals surface area contributed by atoms with Crippen molar-refractivity contribution in [2.45, 2.75) is 32.5 Å². The predicted octanol–water partition coefficient (Wildman–Crippen LogP) is 4.03. The summed E-state index contributed by atoms with van der Waals surface area (Å²) < 4.78 is 45.3. The number of amides is 1. The van der Waals surface area contributed by atoms with Gasteiger partial charge in [0.05, 0.1) is 18.1 Å². The number of hydrogen-bond donors (Lipinski definition) is 1. The topological polar surface area (TPSA) is 54.5 Å². The molecule has 3 rings (SSSR count). The molecular formula is C21H24F3N3O2. The average Bonchev–Trinajstić information content (AvgIpc) is 2.72. The number of hydrogen-bond acceptors (Lipinski definition) is 4. The van der Waals surface area contributed by atoms with Gasteiger partial charge in [-0.2, -0.15) is 13.2 Å². The SMILES string of the molecule is CCOc1cccc(CNC(=O)C2CCCN(c3ncccc3C(F)(F)F)C2)c1. The summed E-state index contributed by atoms with van der Waals surface area (Å²) in [5.41, 5.74) is 0.134. The molecule has 0 spiro atoms. The molecule has 1 N–H and O–H groups in total. The molecule has 156 valence electrons. The van der Waals surface area contributed by atoms with Crippen LogP contribution in [0.2, 0.25) is 0 Å². The number of carbonyl (C=O) groups excluding carboxylic acids is 1. The van der Waals surface area contributed by atoms with E-state index in [0.29, 0.717) is 32.5 Å². The van der Waals surface area contributed by atoms with E-state index in [4.69, 9.17) is 4.74 Å². The van der Waals surface area contributed by atoms with Gasteiger partial charge < -0.3 is 15.0 Å². The molecule has 29 heavy (non-hydrogen) atoms. The van der Waals surface area contributed by atoms with Gasteiger partial charge in [-0.25, -0.2) is 4.98 Å². The molecule has 1 aromatic carbocycles. The first-order valence-corrected chi connectivity index (χ1v) is 9.65. The molecule has 0 aliphatic carbocycles. The molecule has 1 aromatic heterocycles. The molecule has 1 amide bonds. The molecule has 1 aliphatic rings. The van der Waals surface area contributed by atoms with Crippen molar-refractivity contribution in [2.75, 3.05) is 24.6 Å². The van der Waals surface area contributed by atoms with Crippen molar-refractivity contribution >= 4 is 11.7 Å². The minimum Gasteiger partial charge on any atom is -0.494 e. The summed E-state index contributed by atoms with van der Waals surface area (Å²) in [5.74, 6) is 0.0720. The van der Waals surface area contributed by atoms with Gasteiger partial charge in [-0.1, -0.05) is 12.1 Å². The van der Waals surface area contributed by atoms with E-state index in [2.05, 4.69) is 10.3 Å². The van der Waals surface area contributed by atoms with Gasteiger partial charge in [0.1, 0.15) is 11.6 Å². The fourth-order valence-electron chi connectivity index (χ4n) is 3.50. The number of rotatable bonds is 6. The lowest BCUT2D eigenvalue weighted by atomic mass is 9.96. The second kappa shape index (κ2) is 9.15. The van der Waals surface area contributed by atoms with Crippen LogP contribution in [0, 0.1) is 5.92 Å². The highest BCUT2D eigenvalue weighted by atomic mass is 19.4. The number of halogens is 3. The molecule has 8 heteroatoms. The molecule has 5 nitrogen and oxygen atoms in total. The number of ether oxygens (including phenoxy) is 1. The number of anilines is 1. The van der Waals surface area contributed by atoms with Crippen molar-refractivity contribution in [1.29, 1.82) is 0 Å². The highest BCUT2D eigenvalue weighted by Gasteiger charge is 2.37. The lowest BCUT2D eigenvalue weighted by Crippen LogP contribution is -2.43. The highest BCUT2D eigenvalue weighted by molar-refractivity contribution is 5.79. The van der Waals surface area contributed by atoms with Gasteiger partial charge in [-0.05, 0) is 49.6 Å². The Labute approximate surface area is 167 Å². The summed E-state index contributed by atoms with van der Waals surface area (Å²) in [4.78, 5) is 18.1.